The van der Waals surface area contributed by atoms with Crippen LogP contribution in [0.15, 0.2) is 18.2 Å². The molecule has 1 aromatic carbocycles. The highest BCUT2D eigenvalue weighted by atomic mass is 16.3. The van der Waals surface area contributed by atoms with E-state index in [2.05, 4.69) is 25.1 Å². The van der Waals surface area contributed by atoms with Crippen molar-refractivity contribution in [2.24, 2.45) is 0 Å². The quantitative estimate of drug-likeness (QED) is 0.876. The van der Waals surface area contributed by atoms with Crippen LogP contribution in [0.3, 0.4) is 0 Å². The Morgan fingerprint density at radius 2 is 2.06 bits per heavy atom. The monoisotopic (exact) mass is 241 g/mol. The topological polar surface area (TPSA) is 33.1 Å². The van der Waals surface area contributed by atoms with Crippen LogP contribution in [0.25, 0.3) is 10.9 Å². The van der Waals surface area contributed by atoms with Crippen LogP contribution in [0, 0.1) is 0 Å². The molecule has 1 heterocycles. The summed E-state index contributed by atoms with van der Waals surface area (Å²) in [5, 5.41) is 10.9. The largest absolute Gasteiger partial charge is 0.392 e. The first kappa shape index (κ1) is 11.7. The molecule has 1 aliphatic carbocycles. The van der Waals surface area contributed by atoms with E-state index in [-0.39, 0.29) is 6.61 Å². The van der Waals surface area contributed by atoms with Gasteiger partial charge in [-0.25, -0.2) is 0 Å². The molecule has 0 unspecified atom stereocenters. The van der Waals surface area contributed by atoms with Gasteiger partial charge in [-0.1, -0.05) is 13.0 Å². The van der Waals surface area contributed by atoms with Crippen LogP contribution >= 0.6 is 0 Å². The molecule has 1 aromatic heterocycles. The van der Waals surface area contributed by atoms with Crippen molar-refractivity contribution in [3.05, 3.63) is 40.6 Å². The van der Waals surface area contributed by atoms with E-state index in [9.17, 15) is 5.11 Å². The molecule has 0 bridgehead atoms. The van der Waals surface area contributed by atoms with Gasteiger partial charge in [-0.05, 0) is 60.9 Å². The van der Waals surface area contributed by atoms with Gasteiger partial charge < -0.3 is 5.11 Å². The summed E-state index contributed by atoms with van der Waals surface area (Å²) >= 11 is 0. The van der Waals surface area contributed by atoms with Gasteiger partial charge in [-0.15, -0.1) is 0 Å². The Morgan fingerprint density at radius 3 is 2.83 bits per heavy atom. The van der Waals surface area contributed by atoms with E-state index in [1.807, 2.05) is 0 Å². The summed E-state index contributed by atoms with van der Waals surface area (Å²) < 4.78 is 0. The molecule has 2 heteroatoms. The van der Waals surface area contributed by atoms with Crippen LogP contribution in [-0.2, 0) is 25.9 Å². The Hall–Kier alpha value is -1.41. The summed E-state index contributed by atoms with van der Waals surface area (Å²) in [6, 6.07) is 6.44. The summed E-state index contributed by atoms with van der Waals surface area (Å²) in [7, 11) is 0. The molecule has 18 heavy (non-hydrogen) atoms. The van der Waals surface area contributed by atoms with Crippen molar-refractivity contribution in [3.63, 3.8) is 0 Å². The predicted octanol–water partition coefficient (Wildman–Crippen LogP) is 3.17. The third-order valence-corrected chi connectivity index (χ3v) is 4.01. The van der Waals surface area contributed by atoms with Crippen LogP contribution in [0.4, 0.5) is 0 Å². The number of fused-ring (bicyclic) bond motifs is 2. The lowest BCUT2D eigenvalue weighted by atomic mass is 9.89. The Balaban J connectivity index is 2.30. The maximum Gasteiger partial charge on any atom is 0.0709 e. The molecule has 2 nitrogen and oxygen atoms in total. The van der Waals surface area contributed by atoms with Crippen LogP contribution in [0.5, 0.6) is 0 Å². The van der Waals surface area contributed by atoms with E-state index < -0.39 is 0 Å². The van der Waals surface area contributed by atoms with Crippen molar-refractivity contribution < 1.29 is 5.11 Å². The van der Waals surface area contributed by atoms with Crippen molar-refractivity contribution in [3.8, 4) is 0 Å². The van der Waals surface area contributed by atoms with E-state index in [0.29, 0.717) is 0 Å². The van der Waals surface area contributed by atoms with Gasteiger partial charge in [0.2, 0.25) is 0 Å². The van der Waals surface area contributed by atoms with Gasteiger partial charge >= 0.3 is 0 Å². The number of aliphatic hydroxyl groups excluding tert-OH is 1. The highest BCUT2D eigenvalue weighted by molar-refractivity contribution is 5.84. The second-order valence-electron chi connectivity index (χ2n) is 5.09. The molecule has 0 atom stereocenters. The normalized spacial score (nSPS) is 14.8. The smallest absolute Gasteiger partial charge is 0.0709 e. The lowest BCUT2D eigenvalue weighted by Crippen LogP contribution is -2.10. The van der Waals surface area contributed by atoms with Crippen molar-refractivity contribution in [2.45, 2.75) is 45.6 Å². The first-order valence-corrected chi connectivity index (χ1v) is 6.87. The van der Waals surface area contributed by atoms with Gasteiger partial charge in [0.05, 0.1) is 12.1 Å². The Kier molecular flexibility index (Phi) is 3.04. The molecule has 1 aliphatic rings. The lowest BCUT2D eigenvalue weighted by Gasteiger charge is -2.20. The molecule has 0 spiro atoms. The average Bonchev–Trinajstić information content (AvgIpc) is 2.44. The fourth-order valence-electron chi connectivity index (χ4n) is 2.97. The Labute approximate surface area is 108 Å². The van der Waals surface area contributed by atoms with E-state index in [0.717, 1.165) is 35.7 Å². The number of hydrogen-bond donors (Lipinski definition) is 1. The summed E-state index contributed by atoms with van der Waals surface area (Å²) in [6.45, 7) is 2.29. The molecule has 94 valence electrons. The summed E-state index contributed by atoms with van der Waals surface area (Å²) in [5.41, 5.74) is 5.99. The average molecular weight is 241 g/mol. The second-order valence-corrected chi connectivity index (χ2v) is 5.09. The number of hydrogen-bond acceptors (Lipinski definition) is 2. The van der Waals surface area contributed by atoms with Crippen molar-refractivity contribution >= 4 is 10.9 Å². The molecule has 0 aliphatic heterocycles. The molecule has 0 fully saturated rings. The summed E-state index contributed by atoms with van der Waals surface area (Å²) in [4.78, 5) is 4.79. The zero-order valence-electron chi connectivity index (χ0n) is 10.9. The number of aryl methyl sites for hydroxylation is 2. The molecule has 0 amide bonds. The SMILES string of the molecule is CCc1ccc2nc3c(c(CO)c2c1)CCCC3. The highest BCUT2D eigenvalue weighted by Crippen LogP contribution is 2.29. The van der Waals surface area contributed by atoms with E-state index in [4.69, 9.17) is 4.98 Å². The predicted molar refractivity (Wildman–Crippen MR) is 73.7 cm³/mol. The van der Waals surface area contributed by atoms with Gasteiger partial charge in [0.25, 0.3) is 0 Å². The van der Waals surface area contributed by atoms with Crippen LogP contribution in [0.1, 0.15) is 42.1 Å². The number of pyridine rings is 1. The van der Waals surface area contributed by atoms with E-state index in [1.54, 1.807) is 0 Å². The van der Waals surface area contributed by atoms with Crippen LogP contribution in [-0.4, -0.2) is 10.1 Å². The minimum absolute atomic E-state index is 0.133. The molecule has 0 saturated heterocycles. The standard InChI is InChI=1S/C16H19NO/c1-2-11-7-8-16-13(9-11)14(10-18)12-5-3-4-6-15(12)17-16/h7-9,18H,2-6,10H2,1H3. The fourth-order valence-corrected chi connectivity index (χ4v) is 2.97. The molecule has 3 rings (SSSR count). The van der Waals surface area contributed by atoms with Crippen molar-refractivity contribution in [1.29, 1.82) is 0 Å². The van der Waals surface area contributed by atoms with E-state index in [1.165, 1.54) is 29.7 Å². The first-order chi connectivity index (χ1) is 8.83. The number of benzene rings is 1. The van der Waals surface area contributed by atoms with Gasteiger partial charge in [0.1, 0.15) is 0 Å². The van der Waals surface area contributed by atoms with E-state index >= 15 is 0 Å². The lowest BCUT2D eigenvalue weighted by molar-refractivity contribution is 0.281. The zero-order chi connectivity index (χ0) is 12.5. The van der Waals surface area contributed by atoms with Gasteiger partial charge in [0.15, 0.2) is 0 Å². The van der Waals surface area contributed by atoms with Crippen LogP contribution < -0.4 is 0 Å². The molecular weight excluding hydrogens is 222 g/mol. The molecule has 1 N–H and O–H groups in total. The van der Waals surface area contributed by atoms with Crippen molar-refractivity contribution in [1.82, 2.24) is 4.98 Å². The number of aromatic nitrogens is 1. The van der Waals surface area contributed by atoms with Crippen LogP contribution in [0.2, 0.25) is 0 Å². The highest BCUT2D eigenvalue weighted by Gasteiger charge is 2.17. The number of aliphatic hydroxyl groups is 1. The van der Waals surface area contributed by atoms with Gasteiger partial charge in [0, 0.05) is 11.1 Å². The maximum atomic E-state index is 9.73. The molecule has 0 saturated carbocycles. The number of nitrogens with zero attached hydrogens (tertiary/aromatic N) is 1. The Bertz CT molecular complexity index is 589. The molecule has 0 radical (unpaired) electrons. The fraction of sp³-hybridized carbons (Fsp3) is 0.438. The summed E-state index contributed by atoms with van der Waals surface area (Å²) in [6.07, 6.45) is 5.61. The van der Waals surface area contributed by atoms with Gasteiger partial charge in [-0.2, -0.15) is 0 Å². The number of rotatable bonds is 2. The molecule has 2 aromatic rings. The minimum Gasteiger partial charge on any atom is -0.392 e. The first-order valence-electron chi connectivity index (χ1n) is 6.87. The molecular formula is C16H19NO. The third-order valence-electron chi connectivity index (χ3n) is 4.01. The second kappa shape index (κ2) is 4.69. The maximum absolute atomic E-state index is 9.73. The van der Waals surface area contributed by atoms with Gasteiger partial charge in [-0.3, -0.25) is 4.98 Å². The minimum atomic E-state index is 0.133. The van der Waals surface area contributed by atoms with Crippen molar-refractivity contribution in [2.75, 3.05) is 0 Å². The zero-order valence-corrected chi connectivity index (χ0v) is 10.9. The summed E-state index contributed by atoms with van der Waals surface area (Å²) in [5.74, 6) is 0. The third kappa shape index (κ3) is 1.81. The Morgan fingerprint density at radius 1 is 1.22 bits per heavy atom.